The summed E-state index contributed by atoms with van der Waals surface area (Å²) >= 11 is -1.28. The Bertz CT molecular complexity index is 1260. The van der Waals surface area contributed by atoms with Crippen LogP contribution in [0.25, 0.3) is 22.2 Å². The highest BCUT2D eigenvalue weighted by atomic mass is 32.2. The lowest BCUT2D eigenvalue weighted by Gasteiger charge is -2.29. The summed E-state index contributed by atoms with van der Waals surface area (Å²) in [6.07, 6.45) is 0.654. The van der Waals surface area contributed by atoms with E-state index in [1.165, 1.54) is 0 Å². The molecule has 1 amide bonds. The molecule has 0 saturated heterocycles. The molecule has 0 aliphatic heterocycles. The fourth-order valence-corrected chi connectivity index (χ4v) is 4.49. The van der Waals surface area contributed by atoms with Gasteiger partial charge in [0.25, 0.3) is 0 Å². The van der Waals surface area contributed by atoms with Gasteiger partial charge in [-0.2, -0.15) is 0 Å². The number of benzene rings is 3. The fraction of sp³-hybridized carbons (Fsp3) is 0.231. The van der Waals surface area contributed by atoms with E-state index in [1.807, 2.05) is 63.2 Å². The Balaban J connectivity index is 1.79. The normalized spacial score (nSPS) is 13.7. The maximum absolute atomic E-state index is 13.1. The molecule has 0 fully saturated rings. The summed E-state index contributed by atoms with van der Waals surface area (Å²) in [5, 5.41) is 5.09. The van der Waals surface area contributed by atoms with Crippen molar-refractivity contribution in [2.75, 3.05) is 0 Å². The number of fused-ring (bicyclic) bond motifs is 1. The lowest BCUT2D eigenvalue weighted by atomic mass is 9.93. The van der Waals surface area contributed by atoms with E-state index in [-0.39, 0.29) is 6.04 Å². The van der Waals surface area contributed by atoms with E-state index in [4.69, 9.17) is 10.3 Å². The zero-order chi connectivity index (χ0) is 23.6. The first kappa shape index (κ1) is 23.0. The number of nitrogens with zero attached hydrogens (tertiary/aromatic N) is 1. The van der Waals surface area contributed by atoms with Crippen molar-refractivity contribution in [1.82, 2.24) is 9.88 Å². The molecule has 33 heavy (non-hydrogen) atoms. The van der Waals surface area contributed by atoms with Crippen LogP contribution in [-0.4, -0.2) is 20.4 Å². The second-order valence-electron chi connectivity index (χ2n) is 8.93. The van der Waals surface area contributed by atoms with Crippen LogP contribution in [0.15, 0.2) is 77.3 Å². The molecule has 0 radical (unpaired) electrons. The Morgan fingerprint density at radius 1 is 1.09 bits per heavy atom. The first-order chi connectivity index (χ1) is 15.7. The van der Waals surface area contributed by atoms with Gasteiger partial charge in [0.05, 0.1) is 6.04 Å². The van der Waals surface area contributed by atoms with Crippen LogP contribution in [0.3, 0.4) is 0 Å². The molecule has 0 bridgehead atoms. The fourth-order valence-electron chi connectivity index (χ4n) is 3.67. The second kappa shape index (κ2) is 9.39. The molecule has 1 aromatic heterocycles. The smallest absolute Gasteiger partial charge is 0.248 e. The summed E-state index contributed by atoms with van der Waals surface area (Å²) in [7, 11) is 0. The van der Waals surface area contributed by atoms with Crippen LogP contribution >= 0.6 is 0 Å². The standard InChI is InChI=1S/C26H27N3O3S/c1-26(2,3)33(31)29-22(15-17-9-5-4-6-10-17)19-11-7-8-12-20(19)24-21-14-13-18(25(27)30)16-23(21)32-28-24/h4-14,16,22,29H,15H2,1-3H3,(H2,27,30)/t22-,33?/m0/s1. The minimum atomic E-state index is -1.28. The van der Waals surface area contributed by atoms with Crippen LogP contribution in [0.5, 0.6) is 0 Å². The SMILES string of the molecule is CC(C)(C)[S+]([O-])N[C@@H](Cc1ccccc1)c1ccccc1-c1noc2cc(C(N)=O)ccc12. The molecule has 6 nitrogen and oxygen atoms in total. The number of nitrogens with one attached hydrogen (secondary N) is 1. The van der Waals surface area contributed by atoms with E-state index in [9.17, 15) is 9.35 Å². The Morgan fingerprint density at radius 2 is 1.79 bits per heavy atom. The minimum Gasteiger partial charge on any atom is -0.598 e. The van der Waals surface area contributed by atoms with Crippen molar-refractivity contribution < 1.29 is 13.9 Å². The van der Waals surface area contributed by atoms with Crippen molar-refractivity contribution in [2.45, 2.75) is 38.0 Å². The largest absolute Gasteiger partial charge is 0.598 e. The first-order valence-electron chi connectivity index (χ1n) is 10.7. The highest BCUT2D eigenvalue weighted by Crippen LogP contribution is 2.35. The van der Waals surface area contributed by atoms with E-state index in [2.05, 4.69) is 22.0 Å². The number of aromatic nitrogens is 1. The predicted octanol–water partition coefficient (Wildman–Crippen LogP) is 4.93. The zero-order valence-electron chi connectivity index (χ0n) is 18.9. The van der Waals surface area contributed by atoms with E-state index in [0.717, 1.165) is 22.1 Å². The van der Waals surface area contributed by atoms with E-state index in [1.54, 1.807) is 18.2 Å². The van der Waals surface area contributed by atoms with Gasteiger partial charge in [-0.25, -0.2) is 0 Å². The zero-order valence-corrected chi connectivity index (χ0v) is 19.7. The number of hydrogen-bond donors (Lipinski definition) is 2. The van der Waals surface area contributed by atoms with Gasteiger partial charge in [-0.3, -0.25) is 4.79 Å². The minimum absolute atomic E-state index is 0.222. The molecule has 0 aliphatic rings. The third kappa shape index (κ3) is 5.11. The van der Waals surface area contributed by atoms with Crippen LogP contribution in [-0.2, 0) is 17.8 Å². The lowest BCUT2D eigenvalue weighted by molar-refractivity contribution is 0.1000. The summed E-state index contributed by atoms with van der Waals surface area (Å²) in [4.78, 5) is 11.5. The van der Waals surface area contributed by atoms with Crippen molar-refractivity contribution in [3.8, 4) is 11.3 Å². The molecule has 7 heteroatoms. The summed E-state index contributed by atoms with van der Waals surface area (Å²) in [5.41, 5.74) is 9.89. The van der Waals surface area contributed by atoms with Crippen molar-refractivity contribution in [3.63, 3.8) is 0 Å². The van der Waals surface area contributed by atoms with Gasteiger partial charge < -0.3 is 14.8 Å². The van der Waals surface area contributed by atoms with Crippen LogP contribution in [0, 0.1) is 0 Å². The summed E-state index contributed by atoms with van der Waals surface area (Å²) in [5.74, 6) is -0.521. The lowest BCUT2D eigenvalue weighted by Crippen LogP contribution is -2.42. The number of nitrogens with two attached hydrogens (primary N) is 1. The Hall–Kier alpha value is -3.13. The summed E-state index contributed by atoms with van der Waals surface area (Å²) < 4.78 is 21.5. The maximum Gasteiger partial charge on any atom is 0.248 e. The molecule has 2 atom stereocenters. The average Bonchev–Trinajstić information content (AvgIpc) is 3.22. The number of amides is 1. The summed E-state index contributed by atoms with van der Waals surface area (Å²) in [6, 6.07) is 22.9. The van der Waals surface area contributed by atoms with Crippen LogP contribution in [0.4, 0.5) is 0 Å². The topological polar surface area (TPSA) is 104 Å². The highest BCUT2D eigenvalue weighted by Gasteiger charge is 2.31. The first-order valence-corrected chi connectivity index (χ1v) is 11.9. The van der Waals surface area contributed by atoms with Gasteiger partial charge in [-0.05, 0) is 56.5 Å². The summed E-state index contributed by atoms with van der Waals surface area (Å²) in [6.45, 7) is 5.84. The van der Waals surface area contributed by atoms with Crippen LogP contribution < -0.4 is 10.5 Å². The molecule has 4 rings (SSSR count). The molecular weight excluding hydrogens is 434 g/mol. The van der Waals surface area contributed by atoms with Gasteiger partial charge in [0, 0.05) is 27.9 Å². The van der Waals surface area contributed by atoms with Gasteiger partial charge in [0.2, 0.25) is 5.91 Å². The Kier molecular flexibility index (Phi) is 6.56. The van der Waals surface area contributed by atoms with Gasteiger partial charge in [0.15, 0.2) is 5.58 Å². The monoisotopic (exact) mass is 461 g/mol. The number of primary amides is 1. The number of carbonyl (C=O) groups is 1. The van der Waals surface area contributed by atoms with E-state index >= 15 is 0 Å². The average molecular weight is 462 g/mol. The molecular formula is C26H27N3O3S. The van der Waals surface area contributed by atoms with Crippen molar-refractivity contribution in [2.24, 2.45) is 5.73 Å². The molecule has 3 aromatic carbocycles. The highest BCUT2D eigenvalue weighted by molar-refractivity contribution is 7.90. The number of hydrogen-bond acceptors (Lipinski definition) is 5. The molecule has 4 aromatic rings. The predicted molar refractivity (Wildman–Crippen MR) is 132 cm³/mol. The molecule has 0 saturated carbocycles. The van der Waals surface area contributed by atoms with Crippen molar-refractivity contribution in [3.05, 3.63) is 89.5 Å². The molecule has 170 valence electrons. The third-order valence-corrected chi connectivity index (χ3v) is 7.05. The van der Waals surface area contributed by atoms with Crippen LogP contribution in [0.2, 0.25) is 0 Å². The maximum atomic E-state index is 13.1. The number of carbonyl (C=O) groups excluding carboxylic acids is 1. The van der Waals surface area contributed by atoms with Crippen molar-refractivity contribution >= 4 is 28.2 Å². The number of rotatable bonds is 7. The van der Waals surface area contributed by atoms with Gasteiger partial charge >= 0.3 is 0 Å². The molecule has 1 unspecified atom stereocenters. The molecule has 0 aliphatic carbocycles. The molecule has 0 spiro atoms. The quantitative estimate of drug-likeness (QED) is 0.380. The van der Waals surface area contributed by atoms with Crippen LogP contribution in [0.1, 0.15) is 48.3 Å². The van der Waals surface area contributed by atoms with E-state index in [0.29, 0.717) is 23.3 Å². The Labute approximate surface area is 196 Å². The molecule has 1 heterocycles. The Morgan fingerprint density at radius 3 is 2.48 bits per heavy atom. The second-order valence-corrected chi connectivity index (χ2v) is 10.9. The third-order valence-electron chi connectivity index (χ3n) is 5.44. The van der Waals surface area contributed by atoms with E-state index < -0.39 is 22.0 Å². The van der Waals surface area contributed by atoms with Gasteiger partial charge in [0.1, 0.15) is 10.4 Å². The van der Waals surface area contributed by atoms with Gasteiger partial charge in [-0.1, -0.05) is 59.8 Å². The van der Waals surface area contributed by atoms with Crippen molar-refractivity contribution in [1.29, 1.82) is 0 Å². The molecule has 3 N–H and O–H groups in total. The van der Waals surface area contributed by atoms with Gasteiger partial charge in [-0.15, -0.1) is 4.72 Å².